The molecule has 5 heteroatoms. The molecule has 0 aliphatic rings. The molecule has 0 saturated carbocycles. The van der Waals surface area contributed by atoms with Gasteiger partial charge in [-0.1, -0.05) is 12.1 Å². The summed E-state index contributed by atoms with van der Waals surface area (Å²) in [7, 11) is 0. The van der Waals surface area contributed by atoms with E-state index in [0.29, 0.717) is 22.4 Å². The Morgan fingerprint density at radius 3 is 2.24 bits per heavy atom. The first-order chi connectivity index (χ1) is 11.6. The molecule has 0 aliphatic heterocycles. The van der Waals surface area contributed by atoms with Crippen molar-refractivity contribution in [3.63, 3.8) is 0 Å². The number of aliphatic hydroxyl groups excluding tert-OH is 1. The number of hydrogen-bond donors (Lipinski definition) is 2. The predicted octanol–water partition coefficient (Wildman–Crippen LogP) is 3.73. The van der Waals surface area contributed by atoms with Gasteiger partial charge >= 0.3 is 5.97 Å². The number of nitrogens with one attached hydrogen (secondary N) is 1. The molecule has 0 spiro atoms. The van der Waals surface area contributed by atoms with Crippen LogP contribution in [0.5, 0.6) is 0 Å². The number of Topliss-reactive ketones (excluding diaryl/α,β-unsaturated/α-hetero) is 1. The van der Waals surface area contributed by atoms with Gasteiger partial charge in [-0.25, -0.2) is 4.79 Å². The monoisotopic (exact) mass is 343 g/mol. The summed E-state index contributed by atoms with van der Waals surface area (Å²) < 4.78 is 5.35. The van der Waals surface area contributed by atoms with Gasteiger partial charge in [0.05, 0.1) is 6.10 Å². The van der Waals surface area contributed by atoms with E-state index in [0.717, 1.165) is 11.1 Å². The summed E-state index contributed by atoms with van der Waals surface area (Å²) in [6.07, 6.45) is -1.58. The Morgan fingerprint density at radius 1 is 1.08 bits per heavy atom. The van der Waals surface area contributed by atoms with Crippen LogP contribution in [0.3, 0.4) is 0 Å². The fourth-order valence-electron chi connectivity index (χ4n) is 3.00. The zero-order chi connectivity index (χ0) is 18.9. The number of hydrogen-bond acceptors (Lipinski definition) is 4. The van der Waals surface area contributed by atoms with Gasteiger partial charge in [0.1, 0.15) is 5.69 Å². The summed E-state index contributed by atoms with van der Waals surface area (Å²) in [6.45, 7) is 10.7. The molecule has 0 radical (unpaired) electrons. The highest BCUT2D eigenvalue weighted by Gasteiger charge is 2.25. The first-order valence-corrected chi connectivity index (χ1v) is 8.33. The van der Waals surface area contributed by atoms with Crippen molar-refractivity contribution >= 4 is 11.8 Å². The van der Waals surface area contributed by atoms with Crippen LogP contribution in [0.1, 0.15) is 68.7 Å². The summed E-state index contributed by atoms with van der Waals surface area (Å²) in [6, 6.07) is 5.42. The van der Waals surface area contributed by atoms with E-state index in [-0.39, 0.29) is 11.5 Å². The fraction of sp³-hybridized carbons (Fsp3) is 0.400. The molecule has 0 saturated heterocycles. The van der Waals surface area contributed by atoms with Crippen LogP contribution >= 0.6 is 0 Å². The Bertz CT molecular complexity index is 817. The van der Waals surface area contributed by atoms with Crippen LogP contribution in [0.15, 0.2) is 18.2 Å². The van der Waals surface area contributed by atoms with Gasteiger partial charge in [0.25, 0.3) is 0 Å². The molecular weight excluding hydrogens is 318 g/mol. The third-order valence-corrected chi connectivity index (χ3v) is 4.56. The Hall–Kier alpha value is -2.40. The molecule has 0 unspecified atom stereocenters. The molecule has 2 rings (SSSR count). The molecule has 1 aromatic heterocycles. The van der Waals surface area contributed by atoms with Crippen molar-refractivity contribution in [2.45, 2.75) is 53.8 Å². The van der Waals surface area contributed by atoms with Crippen LogP contribution in [0.25, 0.3) is 0 Å². The van der Waals surface area contributed by atoms with Gasteiger partial charge in [-0.3, -0.25) is 4.79 Å². The lowest BCUT2D eigenvalue weighted by Gasteiger charge is -2.13. The van der Waals surface area contributed by atoms with Crippen LogP contribution in [-0.2, 0) is 4.74 Å². The third kappa shape index (κ3) is 3.82. The Balaban J connectivity index is 2.18. The van der Waals surface area contributed by atoms with Crippen molar-refractivity contribution in [1.82, 2.24) is 4.98 Å². The highest BCUT2D eigenvalue weighted by molar-refractivity contribution is 6.01. The SMILES string of the molecule is Cc1ccc(C(=O)[C@H](C)OC(=O)c2[nH]c(C)c([C@H](C)O)c2C)cc1C. The molecule has 2 atom stereocenters. The number of aliphatic hydroxyl groups is 1. The number of rotatable bonds is 5. The van der Waals surface area contributed by atoms with E-state index < -0.39 is 18.2 Å². The summed E-state index contributed by atoms with van der Waals surface area (Å²) in [5.41, 5.74) is 4.95. The number of aryl methyl sites for hydroxylation is 3. The predicted molar refractivity (Wildman–Crippen MR) is 96.0 cm³/mol. The van der Waals surface area contributed by atoms with Crippen molar-refractivity contribution < 1.29 is 19.4 Å². The van der Waals surface area contributed by atoms with E-state index in [2.05, 4.69) is 4.98 Å². The molecule has 0 aliphatic carbocycles. The van der Waals surface area contributed by atoms with Crippen LogP contribution in [0.2, 0.25) is 0 Å². The maximum atomic E-state index is 12.5. The van der Waals surface area contributed by atoms with E-state index in [9.17, 15) is 14.7 Å². The summed E-state index contributed by atoms with van der Waals surface area (Å²) >= 11 is 0. The van der Waals surface area contributed by atoms with Crippen molar-refractivity contribution in [3.8, 4) is 0 Å². The van der Waals surface area contributed by atoms with Crippen molar-refractivity contribution in [2.75, 3.05) is 0 Å². The van der Waals surface area contributed by atoms with Gasteiger partial charge in [0, 0.05) is 16.8 Å². The van der Waals surface area contributed by atoms with Crippen molar-refractivity contribution in [1.29, 1.82) is 0 Å². The molecule has 5 nitrogen and oxygen atoms in total. The second-order valence-electron chi connectivity index (χ2n) is 6.55. The minimum atomic E-state index is -0.896. The number of carbonyl (C=O) groups is 2. The van der Waals surface area contributed by atoms with Crippen molar-refractivity contribution in [2.24, 2.45) is 0 Å². The van der Waals surface area contributed by atoms with Gasteiger partial charge in [-0.05, 0) is 64.3 Å². The van der Waals surface area contributed by atoms with Gasteiger partial charge < -0.3 is 14.8 Å². The molecule has 134 valence electrons. The number of aromatic amines is 1. The molecule has 25 heavy (non-hydrogen) atoms. The molecule has 0 amide bonds. The van der Waals surface area contributed by atoms with Crippen LogP contribution < -0.4 is 0 Å². The summed E-state index contributed by atoms with van der Waals surface area (Å²) in [4.78, 5) is 27.9. The second kappa shape index (κ2) is 7.23. The minimum absolute atomic E-state index is 0.242. The van der Waals surface area contributed by atoms with Crippen LogP contribution in [-0.4, -0.2) is 27.9 Å². The lowest BCUT2D eigenvalue weighted by molar-refractivity contribution is 0.0313. The van der Waals surface area contributed by atoms with Gasteiger partial charge in [0.2, 0.25) is 5.78 Å². The number of benzene rings is 1. The van der Waals surface area contributed by atoms with E-state index in [1.165, 1.54) is 0 Å². The largest absolute Gasteiger partial charge is 0.450 e. The number of carbonyl (C=O) groups excluding carboxylic acids is 2. The Labute approximate surface area is 148 Å². The van der Waals surface area contributed by atoms with Gasteiger partial charge in [0.15, 0.2) is 6.10 Å². The number of ether oxygens (including phenoxy) is 1. The molecular formula is C20H25NO4. The van der Waals surface area contributed by atoms with E-state index in [4.69, 9.17) is 4.74 Å². The molecule has 0 bridgehead atoms. The Morgan fingerprint density at radius 2 is 1.72 bits per heavy atom. The molecule has 1 heterocycles. The third-order valence-electron chi connectivity index (χ3n) is 4.56. The highest BCUT2D eigenvalue weighted by atomic mass is 16.5. The van der Waals surface area contributed by atoms with Crippen LogP contribution in [0, 0.1) is 27.7 Å². The highest BCUT2D eigenvalue weighted by Crippen LogP contribution is 2.25. The standard InChI is InChI=1S/C20H25NO4/c1-10-7-8-16(9-11(10)2)19(23)15(6)25-20(24)18-12(3)17(14(5)22)13(4)21-18/h7-9,14-15,21-22H,1-6H3/t14-,15-/m0/s1. The average molecular weight is 343 g/mol. The number of ketones is 1. The molecule has 2 N–H and O–H groups in total. The maximum absolute atomic E-state index is 12.5. The van der Waals surface area contributed by atoms with Gasteiger partial charge in [-0.15, -0.1) is 0 Å². The average Bonchev–Trinajstić information content (AvgIpc) is 2.84. The van der Waals surface area contributed by atoms with Crippen molar-refractivity contribution in [3.05, 3.63) is 57.4 Å². The van der Waals surface area contributed by atoms with E-state index in [1.54, 1.807) is 39.8 Å². The second-order valence-corrected chi connectivity index (χ2v) is 6.55. The molecule has 1 aromatic carbocycles. The zero-order valence-corrected chi connectivity index (χ0v) is 15.6. The lowest BCUT2D eigenvalue weighted by Crippen LogP contribution is -2.25. The molecule has 2 aromatic rings. The normalized spacial score (nSPS) is 13.4. The Kier molecular flexibility index (Phi) is 5.48. The smallest absolute Gasteiger partial charge is 0.355 e. The minimum Gasteiger partial charge on any atom is -0.450 e. The fourth-order valence-corrected chi connectivity index (χ4v) is 3.00. The summed E-state index contributed by atoms with van der Waals surface area (Å²) in [5, 5.41) is 9.82. The maximum Gasteiger partial charge on any atom is 0.355 e. The lowest BCUT2D eigenvalue weighted by atomic mass is 10.0. The molecule has 0 fully saturated rings. The first-order valence-electron chi connectivity index (χ1n) is 8.33. The number of esters is 1. The summed E-state index contributed by atoms with van der Waals surface area (Å²) in [5.74, 6) is -0.842. The van der Waals surface area contributed by atoms with Crippen LogP contribution in [0.4, 0.5) is 0 Å². The first kappa shape index (κ1) is 18.9. The van der Waals surface area contributed by atoms with E-state index in [1.807, 2.05) is 19.9 Å². The number of H-pyrrole nitrogens is 1. The topological polar surface area (TPSA) is 79.4 Å². The number of aromatic nitrogens is 1. The van der Waals surface area contributed by atoms with E-state index >= 15 is 0 Å². The van der Waals surface area contributed by atoms with Gasteiger partial charge in [-0.2, -0.15) is 0 Å². The zero-order valence-electron chi connectivity index (χ0n) is 15.6. The quantitative estimate of drug-likeness (QED) is 0.640.